The molecule has 2 aliphatic rings. The van der Waals surface area contributed by atoms with E-state index < -0.39 is 0 Å². The van der Waals surface area contributed by atoms with Crippen LogP contribution >= 0.6 is 0 Å². The molecule has 1 unspecified atom stereocenters. The first-order chi connectivity index (χ1) is 4.91. The zero-order valence-corrected chi connectivity index (χ0v) is 6.19. The lowest BCUT2D eigenvalue weighted by molar-refractivity contribution is 0.385. The van der Waals surface area contributed by atoms with Gasteiger partial charge < -0.3 is 10.6 Å². The van der Waals surface area contributed by atoms with Crippen molar-refractivity contribution in [3.8, 4) is 0 Å². The van der Waals surface area contributed by atoms with Gasteiger partial charge in [-0.05, 0) is 13.0 Å². The van der Waals surface area contributed by atoms with Gasteiger partial charge in [0.1, 0.15) is 0 Å². The number of hydrogen-bond acceptors (Lipinski definition) is 2. The Bertz CT molecular complexity index is 145. The van der Waals surface area contributed by atoms with E-state index in [1.165, 1.54) is 13.0 Å². The van der Waals surface area contributed by atoms with E-state index in [9.17, 15) is 0 Å². The summed E-state index contributed by atoms with van der Waals surface area (Å²) in [5.41, 5.74) is 0.470. The Balaban J connectivity index is 2.11. The highest BCUT2D eigenvalue weighted by atomic mass is 15.0. The van der Waals surface area contributed by atoms with Crippen LogP contribution in [0.5, 0.6) is 0 Å². The second-order valence-corrected chi connectivity index (χ2v) is 3.32. The van der Waals surface area contributed by atoms with Crippen LogP contribution in [0.2, 0.25) is 0 Å². The van der Waals surface area contributed by atoms with Gasteiger partial charge in [-0.3, -0.25) is 0 Å². The molecule has 0 aromatic rings. The summed E-state index contributed by atoms with van der Waals surface area (Å²) in [4.78, 5) is 0. The highest BCUT2D eigenvalue weighted by Gasteiger charge is 2.31. The van der Waals surface area contributed by atoms with Gasteiger partial charge in [0.15, 0.2) is 0 Å². The van der Waals surface area contributed by atoms with Crippen molar-refractivity contribution >= 4 is 0 Å². The van der Waals surface area contributed by atoms with E-state index in [1.807, 2.05) is 0 Å². The van der Waals surface area contributed by atoms with Crippen LogP contribution in [-0.2, 0) is 0 Å². The van der Waals surface area contributed by atoms with Crippen molar-refractivity contribution in [1.29, 1.82) is 0 Å². The number of hydrogen-bond donors (Lipinski definition) is 2. The van der Waals surface area contributed by atoms with Crippen molar-refractivity contribution in [3.63, 3.8) is 0 Å². The predicted molar refractivity (Wildman–Crippen MR) is 41.9 cm³/mol. The number of rotatable bonds is 0. The van der Waals surface area contributed by atoms with Crippen molar-refractivity contribution in [2.24, 2.45) is 5.41 Å². The molecule has 0 amide bonds. The first-order valence-electron chi connectivity index (χ1n) is 4.01. The minimum atomic E-state index is 0.470. The summed E-state index contributed by atoms with van der Waals surface area (Å²) in [6, 6.07) is 0. The third-order valence-corrected chi connectivity index (χ3v) is 2.49. The van der Waals surface area contributed by atoms with Gasteiger partial charge in [-0.15, -0.1) is 0 Å². The van der Waals surface area contributed by atoms with Crippen LogP contribution in [0, 0.1) is 5.41 Å². The van der Waals surface area contributed by atoms with Crippen molar-refractivity contribution in [2.45, 2.75) is 6.42 Å². The van der Waals surface area contributed by atoms with Crippen molar-refractivity contribution < 1.29 is 0 Å². The predicted octanol–water partition coefficient (Wildman–Crippen LogP) is 0.125. The van der Waals surface area contributed by atoms with Crippen LogP contribution in [0.1, 0.15) is 6.42 Å². The first-order valence-corrected chi connectivity index (χ1v) is 4.01. The Labute approximate surface area is 61.7 Å². The quantitative estimate of drug-likeness (QED) is 0.465. The van der Waals surface area contributed by atoms with Crippen LogP contribution in [-0.4, -0.2) is 26.2 Å². The standard InChI is InChI=1S/C8H14N2/c1-2-8(6-9-4-1)3-5-10-7-8/h1-2,9-10H,3-7H2. The molecule has 0 aromatic carbocycles. The Kier molecular flexibility index (Phi) is 1.51. The maximum Gasteiger partial charge on any atom is 0.0144 e. The Hall–Kier alpha value is -0.340. The molecule has 1 spiro atoms. The summed E-state index contributed by atoms with van der Waals surface area (Å²) < 4.78 is 0. The summed E-state index contributed by atoms with van der Waals surface area (Å²) in [5.74, 6) is 0. The normalized spacial score (nSPS) is 39.2. The average molecular weight is 138 g/mol. The highest BCUT2D eigenvalue weighted by molar-refractivity contribution is 5.09. The molecule has 1 saturated heterocycles. The Morgan fingerprint density at radius 2 is 2.10 bits per heavy atom. The minimum absolute atomic E-state index is 0.470. The third kappa shape index (κ3) is 0.976. The molecule has 2 heteroatoms. The zero-order chi connectivity index (χ0) is 6.86. The van der Waals surface area contributed by atoms with E-state index in [-0.39, 0.29) is 0 Å². The fourth-order valence-electron chi connectivity index (χ4n) is 1.83. The van der Waals surface area contributed by atoms with Gasteiger partial charge in [0, 0.05) is 25.0 Å². The molecule has 0 bridgehead atoms. The van der Waals surface area contributed by atoms with Crippen LogP contribution < -0.4 is 10.6 Å². The third-order valence-electron chi connectivity index (χ3n) is 2.49. The van der Waals surface area contributed by atoms with Gasteiger partial charge in [0.05, 0.1) is 0 Å². The van der Waals surface area contributed by atoms with Crippen LogP contribution in [0.15, 0.2) is 12.2 Å². The fraction of sp³-hybridized carbons (Fsp3) is 0.750. The summed E-state index contributed by atoms with van der Waals surface area (Å²) in [7, 11) is 0. The number of nitrogens with one attached hydrogen (secondary N) is 2. The van der Waals surface area contributed by atoms with Crippen LogP contribution in [0.25, 0.3) is 0 Å². The largest absolute Gasteiger partial charge is 0.316 e. The molecule has 0 aliphatic carbocycles. The molecule has 2 N–H and O–H groups in total. The molecule has 2 heterocycles. The van der Waals surface area contributed by atoms with Crippen LogP contribution in [0.4, 0.5) is 0 Å². The molecule has 1 fully saturated rings. The minimum Gasteiger partial charge on any atom is -0.316 e. The summed E-state index contributed by atoms with van der Waals surface area (Å²) >= 11 is 0. The molecule has 2 rings (SSSR count). The molecule has 2 aliphatic heterocycles. The molecule has 2 nitrogen and oxygen atoms in total. The van der Waals surface area contributed by atoms with E-state index in [4.69, 9.17) is 0 Å². The lowest BCUT2D eigenvalue weighted by Gasteiger charge is -2.27. The van der Waals surface area contributed by atoms with E-state index in [2.05, 4.69) is 22.8 Å². The lowest BCUT2D eigenvalue weighted by Crippen LogP contribution is -2.37. The van der Waals surface area contributed by atoms with Gasteiger partial charge in [0.25, 0.3) is 0 Å². The summed E-state index contributed by atoms with van der Waals surface area (Å²) in [6.45, 7) is 4.57. The Morgan fingerprint density at radius 3 is 2.70 bits per heavy atom. The van der Waals surface area contributed by atoms with Gasteiger partial charge in [-0.1, -0.05) is 12.2 Å². The monoisotopic (exact) mass is 138 g/mol. The molecule has 56 valence electrons. The van der Waals surface area contributed by atoms with E-state index in [0.717, 1.165) is 19.6 Å². The maximum atomic E-state index is 3.39. The van der Waals surface area contributed by atoms with Crippen molar-refractivity contribution in [1.82, 2.24) is 10.6 Å². The second-order valence-electron chi connectivity index (χ2n) is 3.32. The van der Waals surface area contributed by atoms with Crippen molar-refractivity contribution in [3.05, 3.63) is 12.2 Å². The molecule has 10 heavy (non-hydrogen) atoms. The highest BCUT2D eigenvalue weighted by Crippen LogP contribution is 2.27. The molecule has 0 radical (unpaired) electrons. The van der Waals surface area contributed by atoms with E-state index >= 15 is 0 Å². The van der Waals surface area contributed by atoms with Gasteiger partial charge in [0.2, 0.25) is 0 Å². The molecule has 1 atom stereocenters. The van der Waals surface area contributed by atoms with E-state index in [0.29, 0.717) is 5.41 Å². The summed E-state index contributed by atoms with van der Waals surface area (Å²) in [5, 5.41) is 6.78. The molecular weight excluding hydrogens is 124 g/mol. The summed E-state index contributed by atoms with van der Waals surface area (Å²) in [6.07, 6.45) is 5.93. The first kappa shape index (κ1) is 6.38. The van der Waals surface area contributed by atoms with E-state index in [1.54, 1.807) is 0 Å². The van der Waals surface area contributed by atoms with Crippen molar-refractivity contribution in [2.75, 3.05) is 26.2 Å². The lowest BCUT2D eigenvalue weighted by atomic mass is 9.85. The molecule has 0 saturated carbocycles. The second kappa shape index (κ2) is 2.36. The average Bonchev–Trinajstić information content (AvgIpc) is 2.39. The SMILES string of the molecule is C1=CC2(CCNC2)CNC1. The fourth-order valence-corrected chi connectivity index (χ4v) is 1.83. The van der Waals surface area contributed by atoms with Gasteiger partial charge >= 0.3 is 0 Å². The zero-order valence-electron chi connectivity index (χ0n) is 6.19. The molecule has 0 aromatic heterocycles. The topological polar surface area (TPSA) is 24.1 Å². The van der Waals surface area contributed by atoms with Crippen LogP contribution in [0.3, 0.4) is 0 Å². The maximum absolute atomic E-state index is 3.39. The van der Waals surface area contributed by atoms with Gasteiger partial charge in [-0.25, -0.2) is 0 Å². The van der Waals surface area contributed by atoms with Gasteiger partial charge in [-0.2, -0.15) is 0 Å². The smallest absolute Gasteiger partial charge is 0.0144 e. The Morgan fingerprint density at radius 1 is 1.20 bits per heavy atom. The molecular formula is C8H14N2.